The number of esters is 1. The minimum absolute atomic E-state index is 0.326. The first-order chi connectivity index (χ1) is 20.6. The second-order valence-electron chi connectivity index (χ2n) is 10.7. The number of fused-ring (bicyclic) bond motifs is 5. The van der Waals surface area contributed by atoms with Crippen LogP contribution in [0.5, 0.6) is 5.75 Å². The Balaban J connectivity index is 1.30. The largest absolute Gasteiger partial charge is 0.497 e. The molecule has 0 aromatic heterocycles. The van der Waals surface area contributed by atoms with E-state index in [9.17, 15) is 14.4 Å². The molecule has 208 valence electrons. The highest BCUT2D eigenvalue weighted by molar-refractivity contribution is 6.24. The zero-order valence-electron chi connectivity index (χ0n) is 22.9. The van der Waals surface area contributed by atoms with E-state index >= 15 is 0 Å². The molecule has 4 aromatic rings. The molecule has 0 radical (unpaired) electrons. The number of hydrogen-bond donors (Lipinski definition) is 0. The lowest BCUT2D eigenvalue weighted by atomic mass is 9.84. The van der Waals surface area contributed by atoms with Crippen LogP contribution in [-0.4, -0.2) is 35.8 Å². The average Bonchev–Trinajstić information content (AvgIpc) is 3.52. The summed E-state index contributed by atoms with van der Waals surface area (Å²) >= 11 is 0. The molecule has 2 fully saturated rings. The molecule has 3 heterocycles. The highest BCUT2D eigenvalue weighted by Gasteiger charge is 2.65. The third kappa shape index (κ3) is 4.08. The number of anilines is 1. The van der Waals surface area contributed by atoms with E-state index < -0.39 is 41.9 Å². The van der Waals surface area contributed by atoms with Crippen molar-refractivity contribution in [3.63, 3.8) is 0 Å². The van der Waals surface area contributed by atoms with Gasteiger partial charge in [-0.25, -0.2) is 9.69 Å². The van der Waals surface area contributed by atoms with E-state index in [1.165, 1.54) is 4.90 Å². The Morgan fingerprint density at radius 3 is 1.98 bits per heavy atom. The van der Waals surface area contributed by atoms with Crippen LogP contribution >= 0.6 is 0 Å². The summed E-state index contributed by atoms with van der Waals surface area (Å²) in [4.78, 5) is 45.7. The second-order valence-corrected chi connectivity index (χ2v) is 10.7. The van der Waals surface area contributed by atoms with Crippen LogP contribution in [0, 0.1) is 11.8 Å². The molecular weight excluding hydrogens is 528 g/mol. The third-order valence-electron chi connectivity index (χ3n) is 8.47. The highest BCUT2D eigenvalue weighted by atomic mass is 16.5. The maximum Gasteiger partial charge on any atom is 0.330 e. The molecule has 0 aliphatic carbocycles. The number of carbonyl (C=O) groups excluding carboxylic acids is 3. The number of carbonyl (C=O) groups is 3. The van der Waals surface area contributed by atoms with E-state index in [4.69, 9.17) is 9.47 Å². The summed E-state index contributed by atoms with van der Waals surface area (Å²) in [5.41, 5.74) is 3.95. The summed E-state index contributed by atoms with van der Waals surface area (Å²) in [6.07, 6.45) is 3.08. The second kappa shape index (κ2) is 10.3. The van der Waals surface area contributed by atoms with Gasteiger partial charge in [-0.3, -0.25) is 9.59 Å². The smallest absolute Gasteiger partial charge is 0.330 e. The Labute approximate surface area is 243 Å². The molecule has 7 rings (SSSR count). The molecule has 0 saturated carbocycles. The Kier molecular flexibility index (Phi) is 6.35. The lowest BCUT2D eigenvalue weighted by Gasteiger charge is -2.35. The molecule has 4 aromatic carbocycles. The first kappa shape index (κ1) is 25.8. The fourth-order valence-corrected chi connectivity index (χ4v) is 6.58. The maximum atomic E-state index is 14.3. The molecule has 4 atom stereocenters. The van der Waals surface area contributed by atoms with Crippen molar-refractivity contribution in [3.05, 3.63) is 138 Å². The van der Waals surface area contributed by atoms with Crippen molar-refractivity contribution in [2.75, 3.05) is 12.0 Å². The van der Waals surface area contributed by atoms with Gasteiger partial charge < -0.3 is 14.4 Å². The van der Waals surface area contributed by atoms with Crippen LogP contribution in [0.4, 0.5) is 5.69 Å². The molecule has 2 amide bonds. The van der Waals surface area contributed by atoms with Gasteiger partial charge in [-0.05, 0) is 52.6 Å². The summed E-state index contributed by atoms with van der Waals surface area (Å²) in [5.74, 6) is -2.34. The summed E-state index contributed by atoms with van der Waals surface area (Å²) in [6.45, 7) is 0. The average molecular weight is 557 g/mol. The number of benzene rings is 4. The number of imide groups is 1. The maximum absolute atomic E-state index is 14.3. The van der Waals surface area contributed by atoms with Crippen molar-refractivity contribution in [2.45, 2.75) is 18.2 Å². The van der Waals surface area contributed by atoms with Gasteiger partial charge in [0.15, 0.2) is 6.10 Å². The number of amides is 2. The van der Waals surface area contributed by atoms with Crippen molar-refractivity contribution >= 4 is 29.5 Å². The van der Waals surface area contributed by atoms with Gasteiger partial charge in [-0.1, -0.05) is 84.9 Å². The fraction of sp³-hybridized carbons (Fsp3) is 0.171. The summed E-state index contributed by atoms with van der Waals surface area (Å²) < 4.78 is 11.6. The van der Waals surface area contributed by atoms with Gasteiger partial charge in [0.25, 0.3) is 0 Å². The van der Waals surface area contributed by atoms with E-state index in [1.807, 2.05) is 102 Å². The lowest BCUT2D eigenvalue weighted by Crippen LogP contribution is -2.45. The minimum Gasteiger partial charge on any atom is -0.497 e. The van der Waals surface area contributed by atoms with Crippen LogP contribution in [0.3, 0.4) is 0 Å². The van der Waals surface area contributed by atoms with Gasteiger partial charge in [0.05, 0.1) is 30.7 Å². The van der Waals surface area contributed by atoms with Gasteiger partial charge in [0.1, 0.15) is 11.8 Å². The van der Waals surface area contributed by atoms with E-state index in [2.05, 4.69) is 0 Å². The predicted molar refractivity (Wildman–Crippen MR) is 157 cm³/mol. The molecule has 3 aliphatic rings. The molecule has 0 bridgehead atoms. The van der Waals surface area contributed by atoms with Gasteiger partial charge in [0.2, 0.25) is 11.8 Å². The van der Waals surface area contributed by atoms with E-state index in [0.29, 0.717) is 11.4 Å². The number of nitrogens with zero attached hydrogens (tertiary/aromatic N) is 2. The monoisotopic (exact) mass is 556 g/mol. The van der Waals surface area contributed by atoms with Crippen molar-refractivity contribution < 1.29 is 23.9 Å². The number of rotatable bonds is 6. The van der Waals surface area contributed by atoms with Crippen molar-refractivity contribution in [1.82, 2.24) is 4.90 Å². The molecule has 4 unspecified atom stereocenters. The Morgan fingerprint density at radius 2 is 1.33 bits per heavy atom. The van der Waals surface area contributed by atoms with Crippen LogP contribution in [0.1, 0.15) is 34.4 Å². The van der Waals surface area contributed by atoms with Crippen molar-refractivity contribution in [1.29, 1.82) is 0 Å². The van der Waals surface area contributed by atoms with E-state index in [1.54, 1.807) is 31.4 Å². The minimum atomic E-state index is -0.987. The molecule has 7 heteroatoms. The third-order valence-corrected chi connectivity index (χ3v) is 8.47. The predicted octanol–water partition coefficient (Wildman–Crippen LogP) is 5.54. The molecule has 0 spiro atoms. The highest BCUT2D eigenvalue weighted by Crippen LogP contribution is 2.53. The van der Waals surface area contributed by atoms with Crippen molar-refractivity contribution in [3.8, 4) is 5.75 Å². The van der Waals surface area contributed by atoms with E-state index in [0.717, 1.165) is 22.3 Å². The molecule has 0 N–H and O–H groups in total. The Morgan fingerprint density at radius 1 is 0.738 bits per heavy atom. The van der Waals surface area contributed by atoms with Crippen LogP contribution < -0.4 is 9.64 Å². The number of hydrogen-bond acceptors (Lipinski definition) is 6. The fourth-order valence-electron chi connectivity index (χ4n) is 6.58. The van der Waals surface area contributed by atoms with E-state index in [-0.39, 0.29) is 5.91 Å². The van der Waals surface area contributed by atoms with Crippen LogP contribution in [0.2, 0.25) is 0 Å². The molecule has 3 aliphatic heterocycles. The van der Waals surface area contributed by atoms with Crippen molar-refractivity contribution in [2.24, 2.45) is 11.8 Å². The summed E-state index contributed by atoms with van der Waals surface area (Å²) in [5, 5.41) is 0. The van der Waals surface area contributed by atoms with Crippen LogP contribution in [-0.2, 0) is 19.1 Å². The molecular formula is C35H28N2O5. The standard InChI is InChI=1S/C35H28N2O5/c1-41-26-18-16-25(17-19-26)37-33(38)28-29(34(37)39)31(36-21-20-22-10-8-9-15-27(22)30(28)36)35(40)42-32(23-11-4-2-5-12-23)24-13-6-3-7-14-24/h2-21,28-32H,1H3. The van der Waals surface area contributed by atoms with Gasteiger partial charge >= 0.3 is 5.97 Å². The summed E-state index contributed by atoms with van der Waals surface area (Å²) in [6, 6.07) is 32.2. The Hall–Kier alpha value is -5.17. The van der Waals surface area contributed by atoms with Gasteiger partial charge in [0, 0.05) is 6.20 Å². The first-order valence-corrected chi connectivity index (χ1v) is 13.9. The number of methoxy groups -OCH3 is 1. The lowest BCUT2D eigenvalue weighted by molar-refractivity contribution is -0.155. The van der Waals surface area contributed by atoms with Crippen LogP contribution in [0.25, 0.3) is 6.08 Å². The summed E-state index contributed by atoms with van der Waals surface area (Å²) in [7, 11) is 1.56. The zero-order chi connectivity index (χ0) is 28.8. The SMILES string of the molecule is COc1ccc(N2C(=O)C3C(C2=O)C2c4ccccc4C=CN2C3C(=O)OC(c2ccccc2)c2ccccc2)cc1. The first-order valence-electron chi connectivity index (χ1n) is 13.9. The Bertz CT molecular complexity index is 1650. The topological polar surface area (TPSA) is 76.2 Å². The van der Waals surface area contributed by atoms with Gasteiger partial charge in [-0.15, -0.1) is 0 Å². The normalized spacial score (nSPS) is 22.1. The zero-order valence-corrected chi connectivity index (χ0v) is 22.9. The van der Waals surface area contributed by atoms with Crippen LogP contribution in [0.15, 0.2) is 115 Å². The quantitative estimate of drug-likeness (QED) is 0.229. The molecule has 2 saturated heterocycles. The molecule has 7 nitrogen and oxygen atoms in total. The molecule has 42 heavy (non-hydrogen) atoms. The number of ether oxygens (including phenoxy) is 2. The van der Waals surface area contributed by atoms with Gasteiger partial charge in [-0.2, -0.15) is 0 Å².